The Hall–Kier alpha value is -0.130. The zero-order chi connectivity index (χ0) is 7.28. The minimum atomic E-state index is -2.71. The van der Waals surface area contributed by atoms with Gasteiger partial charge in [-0.3, -0.25) is 4.18 Å². The number of hydrogen-bond acceptors (Lipinski definition) is 4. The zero-order valence-electron chi connectivity index (χ0n) is 5.24. The lowest BCUT2D eigenvalue weighted by Gasteiger charge is -2.03. The van der Waals surface area contributed by atoms with Gasteiger partial charge in [0.2, 0.25) is 0 Å². The Bertz CT molecular complexity index is 126. The van der Waals surface area contributed by atoms with E-state index in [9.17, 15) is 8.42 Å². The average molecular weight is 153 g/mol. The molecule has 0 saturated heterocycles. The van der Waals surface area contributed by atoms with Gasteiger partial charge in [-0.15, -0.1) is 0 Å². The van der Waals surface area contributed by atoms with Crippen LogP contribution < -0.4 is 5.73 Å². The van der Waals surface area contributed by atoms with Crippen LogP contribution >= 0.6 is 0 Å². The Morgan fingerprint density at radius 2 is 2.22 bits per heavy atom. The van der Waals surface area contributed by atoms with Crippen molar-refractivity contribution < 1.29 is 12.6 Å². The summed E-state index contributed by atoms with van der Waals surface area (Å²) in [6, 6.07) is 0. The van der Waals surface area contributed by atoms with Gasteiger partial charge in [0.1, 0.15) is 0 Å². The molecule has 0 saturated carbocycles. The van der Waals surface area contributed by atoms with Gasteiger partial charge in [0.25, 0.3) is 11.0 Å². The van der Waals surface area contributed by atoms with E-state index >= 15 is 0 Å². The fourth-order valence-corrected chi connectivity index (χ4v) is 0.834. The van der Waals surface area contributed by atoms with Gasteiger partial charge in [-0.05, 0) is 19.9 Å². The molecule has 0 spiro atoms. The molecule has 4 nitrogen and oxygen atoms in total. The van der Waals surface area contributed by atoms with Crippen molar-refractivity contribution in [3.63, 3.8) is 0 Å². The van der Waals surface area contributed by atoms with E-state index in [1.807, 2.05) is 0 Å². The molecule has 0 bridgehead atoms. The van der Waals surface area contributed by atoms with E-state index in [0.29, 0.717) is 13.0 Å². The molecule has 0 aliphatic heterocycles. The molecule has 56 valence electrons. The molecular formula is C4H11NO3S. The minimum Gasteiger partial charge on any atom is -0.330 e. The van der Waals surface area contributed by atoms with E-state index in [2.05, 4.69) is 4.18 Å². The lowest BCUT2D eigenvalue weighted by Crippen LogP contribution is -2.12. The van der Waals surface area contributed by atoms with Crippen molar-refractivity contribution in [2.75, 3.05) is 6.54 Å². The van der Waals surface area contributed by atoms with Gasteiger partial charge < -0.3 is 5.73 Å². The van der Waals surface area contributed by atoms with E-state index in [4.69, 9.17) is 5.73 Å². The Morgan fingerprint density at radius 3 is 2.56 bits per heavy atom. The summed E-state index contributed by atoms with van der Waals surface area (Å²) in [7, 11) is -2.71. The maximum atomic E-state index is 9.86. The van der Waals surface area contributed by atoms with Crippen LogP contribution in [-0.4, -0.2) is 21.1 Å². The highest BCUT2D eigenvalue weighted by atomic mass is 32.2. The highest BCUT2D eigenvalue weighted by molar-refractivity contribution is 7.67. The average Bonchev–Trinajstić information content (AvgIpc) is 1.63. The first kappa shape index (κ1) is 8.87. The second kappa shape index (κ2) is 4.72. The molecular weight excluding hydrogens is 142 g/mol. The van der Waals surface area contributed by atoms with Gasteiger partial charge in [-0.1, -0.05) is 0 Å². The summed E-state index contributed by atoms with van der Waals surface area (Å²) in [6.45, 7) is 2.11. The Morgan fingerprint density at radius 1 is 1.67 bits per heavy atom. The lowest BCUT2D eigenvalue weighted by atomic mass is 10.3. The first-order chi connectivity index (χ1) is 4.16. The molecule has 0 radical (unpaired) electrons. The molecule has 0 aromatic carbocycles. The van der Waals surface area contributed by atoms with Gasteiger partial charge in [-0.25, -0.2) is 8.42 Å². The largest absolute Gasteiger partial charge is 0.330 e. The first-order valence-corrected chi connectivity index (χ1v) is 3.77. The minimum absolute atomic E-state index is 0.281. The van der Waals surface area contributed by atoms with Gasteiger partial charge in [0, 0.05) is 0 Å². The van der Waals surface area contributed by atoms with Crippen LogP contribution in [0.2, 0.25) is 0 Å². The molecule has 0 fully saturated rings. The van der Waals surface area contributed by atoms with Crippen molar-refractivity contribution in [3.05, 3.63) is 0 Å². The lowest BCUT2D eigenvalue weighted by molar-refractivity contribution is 0.231. The first-order valence-electron chi connectivity index (χ1n) is 2.68. The van der Waals surface area contributed by atoms with E-state index in [1.165, 1.54) is 0 Å². The van der Waals surface area contributed by atoms with Crippen molar-refractivity contribution in [1.82, 2.24) is 0 Å². The SMILES string of the molecule is CC(CCN)O[SH](=O)=O. The quantitative estimate of drug-likeness (QED) is 0.522. The molecule has 0 heterocycles. The molecule has 0 aliphatic rings. The summed E-state index contributed by atoms with van der Waals surface area (Å²) in [5.41, 5.74) is 5.13. The number of rotatable bonds is 4. The van der Waals surface area contributed by atoms with Crippen molar-refractivity contribution >= 4 is 11.0 Å². The summed E-state index contributed by atoms with van der Waals surface area (Å²) in [4.78, 5) is 0. The fourth-order valence-electron chi connectivity index (χ4n) is 0.434. The standard InChI is InChI=1S/C4H11NO3S/c1-4(2-3-5)8-9(6)7/h4,9H,2-3,5H2,1H3. The third-order valence-corrected chi connectivity index (χ3v) is 1.37. The van der Waals surface area contributed by atoms with Crippen LogP contribution in [0.25, 0.3) is 0 Å². The smallest absolute Gasteiger partial charge is 0.257 e. The second-order valence-electron chi connectivity index (χ2n) is 1.72. The molecule has 9 heavy (non-hydrogen) atoms. The van der Waals surface area contributed by atoms with Crippen molar-refractivity contribution in [1.29, 1.82) is 0 Å². The molecule has 0 aromatic heterocycles. The molecule has 0 amide bonds. The van der Waals surface area contributed by atoms with Crippen molar-refractivity contribution in [3.8, 4) is 0 Å². The summed E-state index contributed by atoms with van der Waals surface area (Å²) < 4.78 is 24.1. The Kier molecular flexibility index (Phi) is 4.65. The van der Waals surface area contributed by atoms with Crippen LogP contribution in [0.15, 0.2) is 0 Å². The highest BCUT2D eigenvalue weighted by Crippen LogP contribution is 1.93. The predicted octanol–water partition coefficient (Wildman–Crippen LogP) is -0.733. The number of hydrogen-bond donors (Lipinski definition) is 2. The number of nitrogens with two attached hydrogens (primary N) is 1. The van der Waals surface area contributed by atoms with Crippen LogP contribution in [0.4, 0.5) is 0 Å². The van der Waals surface area contributed by atoms with E-state index in [0.717, 1.165) is 0 Å². The molecule has 2 N–H and O–H groups in total. The van der Waals surface area contributed by atoms with Crippen LogP contribution in [0.1, 0.15) is 13.3 Å². The topological polar surface area (TPSA) is 69.4 Å². The Labute approximate surface area is 56.2 Å². The number of thiol groups is 1. The molecule has 5 heteroatoms. The molecule has 0 aromatic rings. The fraction of sp³-hybridized carbons (Fsp3) is 1.00. The monoisotopic (exact) mass is 153 g/mol. The second-order valence-corrected chi connectivity index (χ2v) is 2.38. The van der Waals surface area contributed by atoms with Crippen LogP contribution in [0.5, 0.6) is 0 Å². The molecule has 1 atom stereocenters. The van der Waals surface area contributed by atoms with E-state index in [1.54, 1.807) is 6.92 Å². The van der Waals surface area contributed by atoms with Crippen LogP contribution in [0, 0.1) is 0 Å². The molecule has 0 aliphatic carbocycles. The van der Waals surface area contributed by atoms with Crippen molar-refractivity contribution in [2.24, 2.45) is 5.73 Å². The molecule has 1 unspecified atom stereocenters. The summed E-state index contributed by atoms with van der Waals surface area (Å²) >= 11 is 0. The summed E-state index contributed by atoms with van der Waals surface area (Å²) in [6.07, 6.45) is 0.291. The maximum absolute atomic E-state index is 9.86. The van der Waals surface area contributed by atoms with Crippen LogP contribution in [-0.2, 0) is 15.2 Å². The third kappa shape index (κ3) is 5.75. The van der Waals surface area contributed by atoms with Gasteiger partial charge >= 0.3 is 0 Å². The van der Waals surface area contributed by atoms with E-state index < -0.39 is 11.0 Å². The van der Waals surface area contributed by atoms with E-state index in [-0.39, 0.29) is 6.10 Å². The van der Waals surface area contributed by atoms with Crippen molar-refractivity contribution in [2.45, 2.75) is 19.4 Å². The van der Waals surface area contributed by atoms with Gasteiger partial charge in [-0.2, -0.15) is 0 Å². The summed E-state index contributed by atoms with van der Waals surface area (Å²) in [5, 5.41) is 0. The zero-order valence-corrected chi connectivity index (χ0v) is 6.14. The third-order valence-electron chi connectivity index (χ3n) is 0.839. The highest BCUT2D eigenvalue weighted by Gasteiger charge is 1.99. The predicted molar refractivity (Wildman–Crippen MR) is 34.5 cm³/mol. The summed E-state index contributed by atoms with van der Waals surface area (Å²) in [5.74, 6) is 0. The van der Waals surface area contributed by atoms with Gasteiger partial charge in [0.15, 0.2) is 0 Å². The normalized spacial score (nSPS) is 14.1. The maximum Gasteiger partial charge on any atom is 0.257 e. The van der Waals surface area contributed by atoms with Gasteiger partial charge in [0.05, 0.1) is 6.10 Å². The molecule has 0 rings (SSSR count). The Balaban J connectivity index is 3.37. The van der Waals surface area contributed by atoms with Crippen LogP contribution in [0.3, 0.4) is 0 Å².